The highest BCUT2D eigenvalue weighted by Crippen LogP contribution is 2.26. The van der Waals surface area contributed by atoms with Gasteiger partial charge in [0.15, 0.2) is 0 Å². The van der Waals surface area contributed by atoms with Crippen LogP contribution in [0.1, 0.15) is 18.4 Å². The number of hydrogen-bond donors (Lipinski definition) is 1. The van der Waals surface area contributed by atoms with E-state index in [0.29, 0.717) is 5.92 Å². The molecule has 1 N–H and O–H groups in total. The summed E-state index contributed by atoms with van der Waals surface area (Å²) >= 11 is 1.78. The predicted molar refractivity (Wildman–Crippen MR) is 74.7 cm³/mol. The number of aliphatic hydroxyl groups excluding tert-OH is 1. The summed E-state index contributed by atoms with van der Waals surface area (Å²) in [4.78, 5) is 7.06. The number of benzene rings is 1. The van der Waals surface area contributed by atoms with Crippen molar-refractivity contribution in [2.24, 2.45) is 5.92 Å². The topological polar surface area (TPSA) is 36.4 Å². The van der Waals surface area contributed by atoms with Gasteiger partial charge in [0.1, 0.15) is 5.01 Å². The summed E-state index contributed by atoms with van der Waals surface area (Å²) in [5, 5.41) is 10.8. The fraction of sp³-hybridized carbons (Fsp3) is 0.500. The van der Waals surface area contributed by atoms with E-state index in [4.69, 9.17) is 0 Å². The number of thiazole rings is 1. The van der Waals surface area contributed by atoms with Crippen LogP contribution in [0.3, 0.4) is 0 Å². The third-order valence-electron chi connectivity index (χ3n) is 3.69. The first kappa shape index (κ1) is 12.1. The molecule has 2 heterocycles. The molecule has 0 amide bonds. The highest BCUT2D eigenvalue weighted by Gasteiger charge is 2.26. The summed E-state index contributed by atoms with van der Waals surface area (Å²) in [5.41, 5.74) is 1.10. The molecule has 0 radical (unpaired) electrons. The molecule has 3 nitrogen and oxygen atoms in total. The molecule has 1 saturated heterocycles. The van der Waals surface area contributed by atoms with Crippen LogP contribution < -0.4 is 0 Å². The van der Waals surface area contributed by atoms with Gasteiger partial charge in [-0.3, -0.25) is 4.90 Å². The lowest BCUT2D eigenvalue weighted by Crippen LogP contribution is -2.23. The molecule has 0 bridgehead atoms. The van der Waals surface area contributed by atoms with E-state index in [2.05, 4.69) is 28.1 Å². The van der Waals surface area contributed by atoms with Gasteiger partial charge in [-0.25, -0.2) is 4.98 Å². The minimum absolute atomic E-state index is 0.189. The van der Waals surface area contributed by atoms with E-state index in [1.807, 2.05) is 13.0 Å². The Kier molecular flexibility index (Phi) is 3.33. The molecule has 2 atom stereocenters. The normalized spacial score (nSPS) is 22.7. The Labute approximate surface area is 111 Å². The van der Waals surface area contributed by atoms with E-state index in [-0.39, 0.29) is 6.10 Å². The zero-order chi connectivity index (χ0) is 12.5. The summed E-state index contributed by atoms with van der Waals surface area (Å²) in [6.07, 6.45) is 0.910. The van der Waals surface area contributed by atoms with Gasteiger partial charge in [-0.05, 0) is 37.9 Å². The Morgan fingerprint density at radius 2 is 2.33 bits per heavy atom. The molecular formula is C14H18N2OS. The third-order valence-corrected chi connectivity index (χ3v) is 4.71. The van der Waals surface area contributed by atoms with Crippen LogP contribution in [0.25, 0.3) is 10.2 Å². The summed E-state index contributed by atoms with van der Waals surface area (Å²) in [6, 6.07) is 8.28. The fourth-order valence-electron chi connectivity index (χ4n) is 2.58. The molecule has 1 aliphatic heterocycles. The van der Waals surface area contributed by atoms with Crippen LogP contribution in [0.2, 0.25) is 0 Å². The molecule has 18 heavy (non-hydrogen) atoms. The van der Waals surface area contributed by atoms with E-state index in [1.165, 1.54) is 9.71 Å². The highest BCUT2D eigenvalue weighted by molar-refractivity contribution is 7.18. The van der Waals surface area contributed by atoms with Crippen molar-refractivity contribution >= 4 is 21.6 Å². The predicted octanol–water partition coefficient (Wildman–Crippen LogP) is 2.50. The third kappa shape index (κ3) is 2.41. The number of rotatable bonds is 3. The summed E-state index contributed by atoms with van der Waals surface area (Å²) in [6.45, 7) is 4.88. The number of para-hydroxylation sites is 1. The van der Waals surface area contributed by atoms with Gasteiger partial charge < -0.3 is 5.11 Å². The maximum Gasteiger partial charge on any atom is 0.108 e. The Balaban J connectivity index is 1.70. The van der Waals surface area contributed by atoms with E-state index < -0.39 is 0 Å². The molecule has 1 aromatic heterocycles. The highest BCUT2D eigenvalue weighted by atomic mass is 32.1. The Hall–Kier alpha value is -0.970. The van der Waals surface area contributed by atoms with Gasteiger partial charge in [-0.1, -0.05) is 12.1 Å². The first-order chi connectivity index (χ1) is 8.72. The van der Waals surface area contributed by atoms with E-state index in [1.54, 1.807) is 11.3 Å². The average Bonchev–Trinajstić information content (AvgIpc) is 2.94. The van der Waals surface area contributed by atoms with Crippen molar-refractivity contribution in [2.45, 2.75) is 26.0 Å². The van der Waals surface area contributed by atoms with Crippen molar-refractivity contribution in [3.05, 3.63) is 29.3 Å². The Bertz CT molecular complexity index is 504. The molecule has 0 saturated carbocycles. The van der Waals surface area contributed by atoms with Crippen molar-refractivity contribution < 1.29 is 5.11 Å². The summed E-state index contributed by atoms with van der Waals surface area (Å²) in [7, 11) is 0. The second-order valence-corrected chi connectivity index (χ2v) is 6.22. The molecule has 1 aromatic carbocycles. The lowest BCUT2D eigenvalue weighted by Gasteiger charge is -2.15. The first-order valence-corrected chi connectivity index (χ1v) is 7.29. The second kappa shape index (κ2) is 4.96. The van der Waals surface area contributed by atoms with Crippen molar-refractivity contribution in [1.82, 2.24) is 9.88 Å². The SMILES string of the molecule is CC(O)C1CCN(Cc2nc3ccccc3s2)C1. The number of likely N-dealkylation sites (tertiary alicyclic amines) is 1. The fourth-order valence-corrected chi connectivity index (χ4v) is 3.59. The maximum absolute atomic E-state index is 9.61. The van der Waals surface area contributed by atoms with Gasteiger partial charge in [0.05, 0.1) is 22.9 Å². The van der Waals surface area contributed by atoms with E-state index in [0.717, 1.165) is 31.6 Å². The smallest absolute Gasteiger partial charge is 0.108 e. The zero-order valence-electron chi connectivity index (χ0n) is 10.5. The molecule has 2 unspecified atom stereocenters. The lowest BCUT2D eigenvalue weighted by atomic mass is 10.0. The molecule has 0 aliphatic carbocycles. The minimum atomic E-state index is -0.189. The van der Waals surface area contributed by atoms with Gasteiger partial charge in [-0.15, -0.1) is 11.3 Å². The average molecular weight is 262 g/mol. The maximum atomic E-state index is 9.61. The first-order valence-electron chi connectivity index (χ1n) is 6.47. The molecular weight excluding hydrogens is 244 g/mol. The van der Waals surface area contributed by atoms with Crippen molar-refractivity contribution in [2.75, 3.05) is 13.1 Å². The van der Waals surface area contributed by atoms with Crippen LogP contribution in [0, 0.1) is 5.92 Å². The van der Waals surface area contributed by atoms with Crippen LogP contribution in [0.4, 0.5) is 0 Å². The number of nitrogens with zero attached hydrogens (tertiary/aromatic N) is 2. The largest absolute Gasteiger partial charge is 0.393 e. The number of aromatic nitrogens is 1. The van der Waals surface area contributed by atoms with Crippen molar-refractivity contribution in [3.63, 3.8) is 0 Å². The molecule has 3 rings (SSSR count). The number of aliphatic hydroxyl groups is 1. The lowest BCUT2D eigenvalue weighted by molar-refractivity contribution is 0.127. The van der Waals surface area contributed by atoms with Gasteiger partial charge in [0.25, 0.3) is 0 Å². The molecule has 96 valence electrons. The molecule has 2 aromatic rings. The van der Waals surface area contributed by atoms with E-state index >= 15 is 0 Å². The van der Waals surface area contributed by atoms with Crippen LogP contribution in [0.5, 0.6) is 0 Å². The summed E-state index contributed by atoms with van der Waals surface area (Å²) < 4.78 is 1.26. The van der Waals surface area contributed by atoms with Crippen LogP contribution in [0.15, 0.2) is 24.3 Å². The Morgan fingerprint density at radius 1 is 1.50 bits per heavy atom. The van der Waals surface area contributed by atoms with Crippen LogP contribution in [-0.2, 0) is 6.54 Å². The zero-order valence-corrected chi connectivity index (χ0v) is 11.4. The van der Waals surface area contributed by atoms with E-state index in [9.17, 15) is 5.11 Å². The monoisotopic (exact) mass is 262 g/mol. The molecule has 1 aliphatic rings. The van der Waals surface area contributed by atoms with Crippen LogP contribution >= 0.6 is 11.3 Å². The minimum Gasteiger partial charge on any atom is -0.393 e. The molecule has 0 spiro atoms. The second-order valence-electron chi connectivity index (χ2n) is 5.10. The summed E-state index contributed by atoms with van der Waals surface area (Å²) in [5.74, 6) is 0.430. The molecule has 4 heteroatoms. The van der Waals surface area contributed by atoms with Gasteiger partial charge in [0, 0.05) is 6.54 Å². The Morgan fingerprint density at radius 3 is 3.06 bits per heavy atom. The number of hydrogen-bond acceptors (Lipinski definition) is 4. The van der Waals surface area contributed by atoms with Crippen molar-refractivity contribution in [1.29, 1.82) is 0 Å². The van der Waals surface area contributed by atoms with Gasteiger partial charge in [-0.2, -0.15) is 0 Å². The van der Waals surface area contributed by atoms with Crippen LogP contribution in [-0.4, -0.2) is 34.2 Å². The quantitative estimate of drug-likeness (QED) is 0.923. The molecule has 1 fully saturated rings. The standard InChI is InChI=1S/C14H18N2OS/c1-10(17)11-6-7-16(8-11)9-14-15-12-4-2-3-5-13(12)18-14/h2-5,10-11,17H,6-9H2,1H3. The van der Waals surface area contributed by atoms with Gasteiger partial charge in [0.2, 0.25) is 0 Å². The van der Waals surface area contributed by atoms with Crippen molar-refractivity contribution in [3.8, 4) is 0 Å². The van der Waals surface area contributed by atoms with Gasteiger partial charge >= 0.3 is 0 Å². The number of fused-ring (bicyclic) bond motifs is 1.